The number of sulfonamides is 2. The third-order valence-corrected chi connectivity index (χ3v) is 8.79. The van der Waals surface area contributed by atoms with Gasteiger partial charge in [-0.1, -0.05) is 18.2 Å². The highest BCUT2D eigenvalue weighted by Gasteiger charge is 2.31. The Kier molecular flexibility index (Phi) is 5.17. The van der Waals surface area contributed by atoms with E-state index in [1.807, 2.05) is 0 Å². The van der Waals surface area contributed by atoms with Crippen LogP contribution in [0.15, 0.2) is 58.3 Å². The molecule has 0 saturated carbocycles. The normalized spacial score (nSPS) is 18.6. The van der Waals surface area contributed by atoms with Crippen LogP contribution >= 0.6 is 0 Å². The zero-order chi connectivity index (χ0) is 19.8. The molecule has 2 aromatic carbocycles. The quantitative estimate of drug-likeness (QED) is 0.751. The molecular weight excluding hydrogens is 400 g/mol. The fraction of sp³-hybridized carbons (Fsp3) is 0.368. The second-order valence-corrected chi connectivity index (χ2v) is 10.6. The molecule has 2 aliphatic heterocycles. The van der Waals surface area contributed by atoms with E-state index in [0.717, 1.165) is 5.56 Å². The summed E-state index contributed by atoms with van der Waals surface area (Å²) < 4.78 is 60.0. The highest BCUT2D eigenvalue weighted by atomic mass is 32.2. The van der Waals surface area contributed by atoms with Gasteiger partial charge in [-0.05, 0) is 48.7 Å². The summed E-state index contributed by atoms with van der Waals surface area (Å²) in [6, 6.07) is 13.0. The van der Waals surface area contributed by atoms with Crippen LogP contribution in [0.2, 0.25) is 0 Å². The zero-order valence-corrected chi connectivity index (χ0v) is 17.0. The summed E-state index contributed by atoms with van der Waals surface area (Å²) in [4.78, 5) is 0.431. The lowest BCUT2D eigenvalue weighted by atomic mass is 10.0. The topological polar surface area (TPSA) is 84.0 Å². The fourth-order valence-electron chi connectivity index (χ4n) is 3.60. The SMILES string of the molecule is O=S(=O)(c1ccc2c(c1)CCCN2S(=O)(=O)c1ccccc1)N1CCOCC1. The highest BCUT2D eigenvalue weighted by molar-refractivity contribution is 7.92. The molecule has 4 rings (SSSR count). The van der Waals surface area contributed by atoms with Crippen LogP contribution in [-0.2, 0) is 31.2 Å². The molecule has 0 aromatic heterocycles. The van der Waals surface area contributed by atoms with Crippen LogP contribution in [0.5, 0.6) is 0 Å². The van der Waals surface area contributed by atoms with E-state index in [1.54, 1.807) is 42.5 Å². The smallest absolute Gasteiger partial charge is 0.264 e. The van der Waals surface area contributed by atoms with Gasteiger partial charge in [0.05, 0.1) is 28.7 Å². The molecule has 0 radical (unpaired) electrons. The molecule has 0 atom stereocenters. The van der Waals surface area contributed by atoms with Crippen molar-refractivity contribution in [1.29, 1.82) is 0 Å². The first kappa shape index (κ1) is 19.4. The molecule has 0 spiro atoms. The Hall–Kier alpha value is -1.94. The third kappa shape index (κ3) is 3.43. The van der Waals surface area contributed by atoms with Crippen molar-refractivity contribution in [2.24, 2.45) is 0 Å². The second kappa shape index (κ2) is 7.47. The van der Waals surface area contributed by atoms with Crippen LogP contribution in [-0.4, -0.2) is 54.0 Å². The van der Waals surface area contributed by atoms with E-state index in [2.05, 4.69) is 0 Å². The fourth-order valence-corrected chi connectivity index (χ4v) is 6.63. The highest BCUT2D eigenvalue weighted by Crippen LogP contribution is 2.34. The lowest BCUT2D eigenvalue weighted by Gasteiger charge is -2.31. The Balaban J connectivity index is 1.70. The first-order valence-electron chi connectivity index (χ1n) is 9.19. The van der Waals surface area contributed by atoms with E-state index in [9.17, 15) is 16.8 Å². The van der Waals surface area contributed by atoms with Gasteiger partial charge in [0.1, 0.15) is 0 Å². The van der Waals surface area contributed by atoms with Gasteiger partial charge in [-0.2, -0.15) is 4.31 Å². The zero-order valence-electron chi connectivity index (χ0n) is 15.3. The summed E-state index contributed by atoms with van der Waals surface area (Å²) in [5.41, 5.74) is 1.29. The van der Waals surface area contributed by atoms with Crippen LogP contribution in [0.1, 0.15) is 12.0 Å². The average molecular weight is 423 g/mol. The van der Waals surface area contributed by atoms with Gasteiger partial charge < -0.3 is 4.74 Å². The number of nitrogens with zero attached hydrogens (tertiary/aromatic N) is 2. The van der Waals surface area contributed by atoms with Gasteiger partial charge in [0.25, 0.3) is 10.0 Å². The number of anilines is 1. The van der Waals surface area contributed by atoms with Crippen LogP contribution in [0, 0.1) is 0 Å². The minimum absolute atomic E-state index is 0.201. The molecule has 2 aliphatic rings. The second-order valence-electron chi connectivity index (χ2n) is 6.80. The van der Waals surface area contributed by atoms with Crippen LogP contribution in [0.3, 0.4) is 0 Å². The Morgan fingerprint density at radius 2 is 1.50 bits per heavy atom. The Bertz CT molecular complexity index is 1060. The van der Waals surface area contributed by atoms with Crippen molar-refractivity contribution in [3.05, 3.63) is 54.1 Å². The van der Waals surface area contributed by atoms with Crippen LogP contribution in [0.25, 0.3) is 0 Å². The number of aryl methyl sites for hydroxylation is 1. The minimum Gasteiger partial charge on any atom is -0.379 e. The molecule has 0 amide bonds. The van der Waals surface area contributed by atoms with E-state index in [-0.39, 0.29) is 9.79 Å². The van der Waals surface area contributed by atoms with E-state index >= 15 is 0 Å². The predicted molar refractivity (Wildman–Crippen MR) is 105 cm³/mol. The number of morpholine rings is 1. The van der Waals surface area contributed by atoms with Gasteiger partial charge in [0.15, 0.2) is 0 Å². The first-order valence-corrected chi connectivity index (χ1v) is 12.1. The van der Waals surface area contributed by atoms with Crippen molar-refractivity contribution < 1.29 is 21.6 Å². The van der Waals surface area contributed by atoms with Gasteiger partial charge in [0.2, 0.25) is 10.0 Å². The van der Waals surface area contributed by atoms with Crippen molar-refractivity contribution in [2.45, 2.75) is 22.6 Å². The average Bonchev–Trinajstić information content (AvgIpc) is 2.74. The molecule has 9 heteroatoms. The molecular formula is C19H22N2O5S2. The molecule has 2 heterocycles. The summed E-state index contributed by atoms with van der Waals surface area (Å²) >= 11 is 0. The number of hydrogen-bond acceptors (Lipinski definition) is 5. The van der Waals surface area contributed by atoms with Crippen molar-refractivity contribution in [2.75, 3.05) is 37.2 Å². The summed E-state index contributed by atoms with van der Waals surface area (Å²) in [5.74, 6) is 0. The maximum absolute atomic E-state index is 13.1. The molecule has 0 aliphatic carbocycles. The summed E-state index contributed by atoms with van der Waals surface area (Å²) in [6.07, 6.45) is 1.28. The Morgan fingerprint density at radius 3 is 2.21 bits per heavy atom. The van der Waals surface area contributed by atoms with Crippen LogP contribution in [0.4, 0.5) is 5.69 Å². The molecule has 150 valence electrons. The standard InChI is InChI=1S/C19H22N2O5S2/c22-27(23,20-11-13-26-14-12-20)18-8-9-19-16(15-18)5-4-10-21(19)28(24,25)17-6-2-1-3-7-17/h1-3,6-9,15H,4-5,10-14H2. The van der Waals surface area contributed by atoms with Gasteiger partial charge >= 0.3 is 0 Å². The van der Waals surface area contributed by atoms with Gasteiger partial charge in [-0.15, -0.1) is 0 Å². The van der Waals surface area contributed by atoms with Crippen LogP contribution < -0.4 is 4.31 Å². The maximum Gasteiger partial charge on any atom is 0.264 e. The van der Waals surface area contributed by atoms with Crippen molar-refractivity contribution in [3.63, 3.8) is 0 Å². The maximum atomic E-state index is 13.1. The Labute approximate surface area is 165 Å². The lowest BCUT2D eigenvalue weighted by molar-refractivity contribution is 0.0730. The largest absolute Gasteiger partial charge is 0.379 e. The van der Waals surface area contributed by atoms with Crippen molar-refractivity contribution in [3.8, 4) is 0 Å². The number of ether oxygens (including phenoxy) is 1. The number of rotatable bonds is 4. The van der Waals surface area contributed by atoms with Gasteiger partial charge in [-0.3, -0.25) is 4.31 Å². The van der Waals surface area contributed by atoms with E-state index < -0.39 is 20.0 Å². The minimum atomic E-state index is -3.69. The molecule has 28 heavy (non-hydrogen) atoms. The first-order chi connectivity index (χ1) is 13.4. The van der Waals surface area contributed by atoms with E-state index in [4.69, 9.17) is 4.74 Å². The molecule has 1 saturated heterocycles. The van der Waals surface area contributed by atoms with Crippen molar-refractivity contribution in [1.82, 2.24) is 4.31 Å². The van der Waals surface area contributed by atoms with E-state index in [0.29, 0.717) is 51.4 Å². The number of benzene rings is 2. The molecule has 0 N–H and O–H groups in total. The molecule has 0 unspecified atom stereocenters. The molecule has 7 nitrogen and oxygen atoms in total. The predicted octanol–water partition coefficient (Wildman–Crippen LogP) is 1.85. The lowest BCUT2D eigenvalue weighted by Crippen LogP contribution is -2.40. The summed E-state index contributed by atoms with van der Waals surface area (Å²) in [5, 5.41) is 0. The Morgan fingerprint density at radius 1 is 0.786 bits per heavy atom. The van der Waals surface area contributed by atoms with E-state index in [1.165, 1.54) is 14.7 Å². The summed E-state index contributed by atoms with van der Waals surface area (Å²) in [7, 11) is -7.30. The van der Waals surface area contributed by atoms with Gasteiger partial charge in [0, 0.05) is 19.6 Å². The molecule has 2 aromatic rings. The number of fused-ring (bicyclic) bond motifs is 1. The summed E-state index contributed by atoms with van der Waals surface area (Å²) in [6.45, 7) is 1.79. The monoisotopic (exact) mass is 422 g/mol. The number of hydrogen-bond donors (Lipinski definition) is 0. The molecule has 1 fully saturated rings. The third-order valence-electron chi connectivity index (χ3n) is 5.07. The molecule has 0 bridgehead atoms. The van der Waals surface area contributed by atoms with Gasteiger partial charge in [-0.25, -0.2) is 16.8 Å². The van der Waals surface area contributed by atoms with Crippen molar-refractivity contribution >= 4 is 25.7 Å².